The van der Waals surface area contributed by atoms with Crippen LogP contribution in [0, 0.1) is 6.92 Å². The van der Waals surface area contributed by atoms with Crippen LogP contribution in [0.15, 0.2) is 6.07 Å². The average molecular weight is 338 g/mol. The molecule has 0 aliphatic carbocycles. The molecule has 1 aromatic carbocycles. The van der Waals surface area contributed by atoms with Gasteiger partial charge in [0, 0.05) is 12.5 Å². The molecule has 2 N–H and O–H groups in total. The second-order valence-corrected chi connectivity index (χ2v) is 5.78. The van der Waals surface area contributed by atoms with Gasteiger partial charge in [0.05, 0.1) is 13.7 Å². The molecule has 1 heterocycles. The Morgan fingerprint density at radius 1 is 1.29 bits per heavy atom. The lowest BCUT2D eigenvalue weighted by Crippen LogP contribution is -2.28. The van der Waals surface area contributed by atoms with Gasteiger partial charge in [0.2, 0.25) is 0 Å². The predicted octanol–water partition coefficient (Wildman–Crippen LogP) is 2.83. The Hall–Kier alpha value is -2.44. The van der Waals surface area contributed by atoms with Gasteiger partial charge in [-0.2, -0.15) is 0 Å². The highest BCUT2D eigenvalue weighted by Gasteiger charge is 2.31. The van der Waals surface area contributed by atoms with Gasteiger partial charge in [-0.3, -0.25) is 0 Å². The van der Waals surface area contributed by atoms with Crippen LogP contribution in [-0.2, 0) is 20.6 Å². The molecular formula is C17H22O7. The lowest BCUT2D eigenvalue weighted by molar-refractivity contribution is 0.0223. The van der Waals surface area contributed by atoms with Crippen LogP contribution in [0.2, 0.25) is 0 Å². The summed E-state index contributed by atoms with van der Waals surface area (Å²) >= 11 is 0. The van der Waals surface area contributed by atoms with Crippen molar-refractivity contribution in [3.63, 3.8) is 0 Å². The molecule has 0 radical (unpaired) electrons. The normalized spacial score (nSPS) is 16.2. The molecule has 7 heteroatoms. The molecule has 1 aliphatic rings. The number of hydrogen-bond donors (Lipinski definition) is 2. The van der Waals surface area contributed by atoms with Crippen molar-refractivity contribution in [1.82, 2.24) is 0 Å². The number of rotatable bonds is 6. The standard InChI is InChI=1S/C17H22O7/c1-10-12-8-11(6-4-3-5-7-23-17(21)22-2)24-16(20)15(12)14(19)9-13(10)18/h9,11,18-19H,3-8H2,1-2H3. The van der Waals surface area contributed by atoms with Gasteiger partial charge < -0.3 is 24.4 Å². The molecule has 1 atom stereocenters. The topological polar surface area (TPSA) is 102 Å². The first-order chi connectivity index (χ1) is 11.4. The third-order valence-electron chi connectivity index (χ3n) is 4.13. The maximum absolute atomic E-state index is 12.1. The summed E-state index contributed by atoms with van der Waals surface area (Å²) in [5.41, 5.74) is 1.38. The van der Waals surface area contributed by atoms with Crippen molar-refractivity contribution in [3.8, 4) is 11.5 Å². The minimum Gasteiger partial charge on any atom is -0.508 e. The molecule has 0 amide bonds. The van der Waals surface area contributed by atoms with E-state index in [0.717, 1.165) is 18.9 Å². The highest BCUT2D eigenvalue weighted by atomic mass is 16.7. The second-order valence-electron chi connectivity index (χ2n) is 5.78. The summed E-state index contributed by atoms with van der Waals surface area (Å²) in [4.78, 5) is 22.9. The molecule has 1 aromatic rings. The minimum atomic E-state index is -0.692. The van der Waals surface area contributed by atoms with Crippen LogP contribution in [0.1, 0.15) is 47.2 Å². The lowest BCUT2D eigenvalue weighted by atomic mass is 9.91. The molecule has 132 valence electrons. The van der Waals surface area contributed by atoms with Crippen LogP contribution < -0.4 is 0 Å². The molecule has 0 saturated heterocycles. The molecule has 2 rings (SSSR count). The van der Waals surface area contributed by atoms with E-state index in [1.54, 1.807) is 6.92 Å². The highest BCUT2D eigenvalue weighted by molar-refractivity contribution is 5.96. The smallest absolute Gasteiger partial charge is 0.507 e. The van der Waals surface area contributed by atoms with E-state index in [4.69, 9.17) is 9.47 Å². The Morgan fingerprint density at radius 2 is 2.04 bits per heavy atom. The van der Waals surface area contributed by atoms with E-state index < -0.39 is 12.1 Å². The number of hydrogen-bond acceptors (Lipinski definition) is 7. The van der Waals surface area contributed by atoms with Crippen LogP contribution in [0.25, 0.3) is 0 Å². The SMILES string of the molecule is COC(=O)OCCCCCC1Cc2c(C)c(O)cc(O)c2C(=O)O1. The second kappa shape index (κ2) is 7.90. The number of carbonyl (C=O) groups excluding carboxylic acids is 2. The van der Waals surface area contributed by atoms with Gasteiger partial charge in [-0.25, -0.2) is 9.59 Å². The summed E-state index contributed by atoms with van der Waals surface area (Å²) in [6.07, 6.45) is 2.48. The summed E-state index contributed by atoms with van der Waals surface area (Å²) in [6.45, 7) is 2.01. The first-order valence-corrected chi connectivity index (χ1v) is 7.90. The first kappa shape index (κ1) is 17.9. The maximum Gasteiger partial charge on any atom is 0.507 e. The monoisotopic (exact) mass is 338 g/mol. The van der Waals surface area contributed by atoms with Crippen LogP contribution in [0.5, 0.6) is 11.5 Å². The van der Waals surface area contributed by atoms with Crippen molar-refractivity contribution in [3.05, 3.63) is 22.8 Å². The Labute approximate surface area is 140 Å². The number of fused-ring (bicyclic) bond motifs is 1. The van der Waals surface area contributed by atoms with Crippen LogP contribution >= 0.6 is 0 Å². The first-order valence-electron chi connectivity index (χ1n) is 7.90. The van der Waals surface area contributed by atoms with Crippen molar-refractivity contribution in [1.29, 1.82) is 0 Å². The number of cyclic esters (lactones) is 1. The third-order valence-corrected chi connectivity index (χ3v) is 4.13. The van der Waals surface area contributed by atoms with E-state index in [-0.39, 0.29) is 23.2 Å². The molecule has 0 bridgehead atoms. The van der Waals surface area contributed by atoms with Gasteiger partial charge in [0.15, 0.2) is 0 Å². The number of ether oxygens (including phenoxy) is 3. The number of esters is 1. The Bertz CT molecular complexity index is 624. The van der Waals surface area contributed by atoms with Crippen molar-refractivity contribution in [2.75, 3.05) is 13.7 Å². The summed E-state index contributed by atoms with van der Waals surface area (Å²) < 4.78 is 14.5. The van der Waals surface area contributed by atoms with Gasteiger partial charge in [-0.1, -0.05) is 0 Å². The Morgan fingerprint density at radius 3 is 2.75 bits per heavy atom. The summed E-state index contributed by atoms with van der Waals surface area (Å²) in [6, 6.07) is 1.16. The molecule has 0 saturated carbocycles. The number of unbranched alkanes of at least 4 members (excludes halogenated alkanes) is 2. The number of carbonyl (C=O) groups is 2. The molecule has 1 unspecified atom stereocenters. The van der Waals surface area contributed by atoms with Crippen LogP contribution in [0.3, 0.4) is 0 Å². The number of phenols is 2. The van der Waals surface area contributed by atoms with E-state index in [2.05, 4.69) is 4.74 Å². The van der Waals surface area contributed by atoms with Gasteiger partial charge in [-0.05, 0) is 43.7 Å². The maximum atomic E-state index is 12.1. The summed E-state index contributed by atoms with van der Waals surface area (Å²) in [7, 11) is 1.26. The van der Waals surface area contributed by atoms with E-state index in [1.165, 1.54) is 7.11 Å². The predicted molar refractivity (Wildman–Crippen MR) is 84.2 cm³/mol. The lowest BCUT2D eigenvalue weighted by Gasteiger charge is -2.26. The minimum absolute atomic E-state index is 0.0281. The number of methoxy groups -OCH3 is 1. The van der Waals surface area contributed by atoms with Crippen LogP contribution in [0.4, 0.5) is 4.79 Å². The summed E-state index contributed by atoms with van der Waals surface area (Å²) in [5, 5.41) is 19.6. The fraction of sp³-hybridized carbons (Fsp3) is 0.529. The molecule has 7 nitrogen and oxygen atoms in total. The van der Waals surface area contributed by atoms with Crippen molar-refractivity contribution in [2.24, 2.45) is 0 Å². The van der Waals surface area contributed by atoms with Gasteiger partial charge in [-0.15, -0.1) is 0 Å². The number of aromatic hydroxyl groups is 2. The Kier molecular flexibility index (Phi) is 5.89. The van der Waals surface area contributed by atoms with Crippen molar-refractivity contribution < 1.29 is 34.0 Å². The fourth-order valence-electron chi connectivity index (χ4n) is 2.80. The van der Waals surface area contributed by atoms with Crippen molar-refractivity contribution >= 4 is 12.1 Å². The van der Waals surface area contributed by atoms with Crippen molar-refractivity contribution in [2.45, 2.75) is 45.1 Å². The quantitative estimate of drug-likeness (QED) is 0.607. The largest absolute Gasteiger partial charge is 0.508 e. The fourth-order valence-corrected chi connectivity index (χ4v) is 2.80. The number of benzene rings is 1. The molecule has 0 aromatic heterocycles. The highest BCUT2D eigenvalue weighted by Crippen LogP contribution is 2.36. The van der Waals surface area contributed by atoms with E-state index in [0.29, 0.717) is 37.0 Å². The molecule has 0 spiro atoms. The van der Waals surface area contributed by atoms with E-state index in [1.807, 2.05) is 0 Å². The zero-order valence-corrected chi connectivity index (χ0v) is 13.8. The average Bonchev–Trinajstić information content (AvgIpc) is 2.55. The third kappa shape index (κ3) is 4.10. The Balaban J connectivity index is 1.85. The van der Waals surface area contributed by atoms with Crippen LogP contribution in [-0.4, -0.2) is 42.2 Å². The number of phenolic OH excluding ortho intramolecular Hbond substituents is 2. The van der Waals surface area contributed by atoms with Gasteiger partial charge in [0.25, 0.3) is 0 Å². The van der Waals surface area contributed by atoms with Gasteiger partial charge >= 0.3 is 12.1 Å². The van der Waals surface area contributed by atoms with Gasteiger partial charge in [0.1, 0.15) is 23.2 Å². The molecule has 1 aliphatic heterocycles. The summed E-state index contributed by atoms with van der Waals surface area (Å²) in [5.74, 6) is -0.841. The zero-order chi connectivity index (χ0) is 17.7. The molecule has 0 fully saturated rings. The van der Waals surface area contributed by atoms with E-state index in [9.17, 15) is 19.8 Å². The molecule has 24 heavy (non-hydrogen) atoms. The zero-order valence-electron chi connectivity index (χ0n) is 13.8. The van der Waals surface area contributed by atoms with E-state index >= 15 is 0 Å². The molecular weight excluding hydrogens is 316 g/mol.